The summed E-state index contributed by atoms with van der Waals surface area (Å²) in [5.41, 5.74) is 0. The molecule has 0 aromatic rings. The van der Waals surface area contributed by atoms with Crippen molar-refractivity contribution in [3.05, 3.63) is 0 Å². The van der Waals surface area contributed by atoms with Gasteiger partial charge in [0.2, 0.25) is 0 Å². The molecule has 12 heavy (non-hydrogen) atoms. The van der Waals surface area contributed by atoms with Gasteiger partial charge in [0.15, 0.2) is 0 Å². The molecule has 0 unspecified atom stereocenters. The molecule has 0 N–H and O–H groups in total. The number of nitrogens with zero attached hydrogens (tertiary/aromatic N) is 3. The van der Waals surface area contributed by atoms with Crippen molar-refractivity contribution in [3.8, 4) is 0 Å². The van der Waals surface area contributed by atoms with Crippen LogP contribution in [0, 0.1) is 0 Å². The van der Waals surface area contributed by atoms with Crippen molar-refractivity contribution in [2.75, 3.05) is 49.0 Å². The molecule has 0 aliphatic carbocycles. The van der Waals surface area contributed by atoms with Gasteiger partial charge >= 0.3 is 80.6 Å². The molecule has 0 radical (unpaired) electrons. The summed E-state index contributed by atoms with van der Waals surface area (Å²) in [5.74, 6) is 0. The summed E-state index contributed by atoms with van der Waals surface area (Å²) in [4.78, 5) is 0. The van der Waals surface area contributed by atoms with Crippen LogP contribution in [0.3, 0.4) is 0 Å². The summed E-state index contributed by atoms with van der Waals surface area (Å²) in [6, 6.07) is 0. The topological polar surface area (TPSA) is 9.72 Å². The van der Waals surface area contributed by atoms with Crippen molar-refractivity contribution < 1.29 is 0 Å². The van der Waals surface area contributed by atoms with E-state index in [4.69, 9.17) is 11.2 Å². The Bertz CT molecular complexity index is 140. The Kier molecular flexibility index (Phi) is 3.56. The van der Waals surface area contributed by atoms with Crippen molar-refractivity contribution in [2.45, 2.75) is 0 Å². The Balaban J connectivity index is 5.09. The Morgan fingerprint density at radius 1 is 0.750 bits per heavy atom. The molecule has 0 aromatic heterocycles. The zero-order valence-electron chi connectivity index (χ0n) is 9.17. The van der Waals surface area contributed by atoms with Crippen LogP contribution >= 0.6 is 17.6 Å². The fourth-order valence-electron chi connectivity index (χ4n) is 1.07. The van der Waals surface area contributed by atoms with E-state index in [0.29, 0.717) is 0 Å². The number of rotatable bonds is 3. The Labute approximate surface area is 81.1 Å². The standard InChI is InChI=1S/C7H21ClN3P/c1-9(2)12(7,8,10(3)4)11(5)6/h1-7H3. The van der Waals surface area contributed by atoms with Crippen molar-refractivity contribution in [3.63, 3.8) is 0 Å². The van der Waals surface area contributed by atoms with Gasteiger partial charge in [0, 0.05) is 0 Å². The van der Waals surface area contributed by atoms with Crippen LogP contribution in [0.15, 0.2) is 0 Å². The van der Waals surface area contributed by atoms with Crippen molar-refractivity contribution in [1.29, 1.82) is 0 Å². The van der Waals surface area contributed by atoms with E-state index in [2.05, 4.69) is 20.7 Å². The molecular weight excluding hydrogens is 193 g/mol. The van der Waals surface area contributed by atoms with Crippen LogP contribution in [-0.2, 0) is 0 Å². The molecule has 0 aliphatic rings. The third kappa shape index (κ3) is 1.61. The quantitative estimate of drug-likeness (QED) is 0.662. The van der Waals surface area contributed by atoms with Crippen LogP contribution in [-0.4, -0.2) is 63.0 Å². The molecule has 0 aromatic carbocycles. The summed E-state index contributed by atoms with van der Waals surface area (Å²) in [7, 11) is 12.1. The minimum absolute atomic E-state index is 2.02. The van der Waals surface area contributed by atoms with Gasteiger partial charge in [0.05, 0.1) is 0 Å². The molecule has 0 fully saturated rings. The van der Waals surface area contributed by atoms with Gasteiger partial charge in [0.1, 0.15) is 0 Å². The van der Waals surface area contributed by atoms with Crippen LogP contribution < -0.4 is 0 Å². The van der Waals surface area contributed by atoms with Crippen molar-refractivity contribution in [1.82, 2.24) is 14.0 Å². The molecule has 0 spiro atoms. The van der Waals surface area contributed by atoms with Crippen LogP contribution in [0.25, 0.3) is 0 Å². The Hall–Kier alpha value is 0.600. The number of halogens is 1. The minimum atomic E-state index is -2.48. The van der Waals surface area contributed by atoms with E-state index >= 15 is 0 Å². The molecule has 0 saturated carbocycles. The molecule has 0 heterocycles. The van der Waals surface area contributed by atoms with E-state index < -0.39 is 6.41 Å². The summed E-state index contributed by atoms with van der Waals surface area (Å²) in [5, 5.41) is 0. The molecule has 3 nitrogen and oxygen atoms in total. The zero-order chi connectivity index (χ0) is 10.2. The van der Waals surface area contributed by atoms with Gasteiger partial charge in [-0.1, -0.05) is 0 Å². The first kappa shape index (κ1) is 12.6. The second kappa shape index (κ2) is 3.39. The summed E-state index contributed by atoms with van der Waals surface area (Å²) in [6.07, 6.45) is -2.48. The van der Waals surface area contributed by atoms with E-state index in [1.54, 1.807) is 0 Å². The second-order valence-corrected chi connectivity index (χ2v) is 11.1. The summed E-state index contributed by atoms with van der Waals surface area (Å²) < 4.78 is 6.31. The summed E-state index contributed by atoms with van der Waals surface area (Å²) in [6.45, 7) is 2.10. The molecule has 76 valence electrons. The van der Waals surface area contributed by atoms with Gasteiger partial charge in [0.25, 0.3) is 0 Å². The third-order valence-corrected chi connectivity index (χ3v) is 10.9. The van der Waals surface area contributed by atoms with E-state index in [0.717, 1.165) is 0 Å². The molecule has 0 aliphatic heterocycles. The average molecular weight is 214 g/mol. The molecule has 0 saturated heterocycles. The van der Waals surface area contributed by atoms with Gasteiger partial charge in [-0.3, -0.25) is 0 Å². The normalized spacial score (nSPS) is 17.1. The van der Waals surface area contributed by atoms with E-state index in [-0.39, 0.29) is 0 Å². The van der Waals surface area contributed by atoms with Crippen LogP contribution in [0.4, 0.5) is 0 Å². The maximum absolute atomic E-state index is 6.71. The molecule has 0 atom stereocenters. The van der Waals surface area contributed by atoms with E-state index in [1.165, 1.54) is 0 Å². The van der Waals surface area contributed by atoms with Gasteiger partial charge in [-0.25, -0.2) is 0 Å². The summed E-state index contributed by atoms with van der Waals surface area (Å²) >= 11 is 6.71. The monoisotopic (exact) mass is 213 g/mol. The third-order valence-electron chi connectivity index (χ3n) is 2.73. The van der Waals surface area contributed by atoms with Gasteiger partial charge in [-0.15, -0.1) is 0 Å². The Morgan fingerprint density at radius 3 is 0.917 bits per heavy atom. The SMILES string of the molecule is CN(C)P(C)(Cl)(N(C)C)N(C)C. The fourth-order valence-corrected chi connectivity index (χ4v) is 3.22. The molecular formula is C7H21ClN3P. The molecule has 0 bridgehead atoms. The van der Waals surface area contributed by atoms with Gasteiger partial charge < -0.3 is 0 Å². The zero-order valence-corrected chi connectivity index (χ0v) is 10.8. The van der Waals surface area contributed by atoms with E-state index in [1.807, 2.05) is 42.3 Å². The maximum atomic E-state index is 6.71. The predicted molar refractivity (Wildman–Crippen MR) is 59.8 cm³/mol. The number of hydrogen-bond acceptors (Lipinski definition) is 3. The van der Waals surface area contributed by atoms with Crippen LogP contribution in [0.5, 0.6) is 0 Å². The molecule has 5 heteroatoms. The fraction of sp³-hybridized carbons (Fsp3) is 1.00. The second-order valence-electron chi connectivity index (χ2n) is 3.81. The molecule has 0 amide bonds. The predicted octanol–water partition coefficient (Wildman–Crippen LogP) is 1.75. The van der Waals surface area contributed by atoms with Crippen molar-refractivity contribution in [2.24, 2.45) is 0 Å². The number of hydrogen-bond donors (Lipinski definition) is 0. The Morgan fingerprint density at radius 2 is 0.917 bits per heavy atom. The van der Waals surface area contributed by atoms with E-state index in [9.17, 15) is 0 Å². The molecule has 0 rings (SSSR count). The first-order valence-electron chi connectivity index (χ1n) is 3.90. The average Bonchev–Trinajstić information content (AvgIpc) is 1.86. The van der Waals surface area contributed by atoms with Gasteiger partial charge in [-0.05, 0) is 0 Å². The van der Waals surface area contributed by atoms with Crippen LogP contribution in [0.2, 0.25) is 0 Å². The van der Waals surface area contributed by atoms with Gasteiger partial charge in [-0.2, -0.15) is 0 Å². The van der Waals surface area contributed by atoms with Crippen LogP contribution in [0.1, 0.15) is 0 Å². The first-order valence-corrected chi connectivity index (χ1v) is 7.35. The first-order chi connectivity index (χ1) is 5.13. The van der Waals surface area contributed by atoms with Crippen molar-refractivity contribution >= 4 is 17.6 Å².